The average molecular weight is 361 g/mol. The number of allylic oxidation sites excluding steroid dienone is 1. The van der Waals surface area contributed by atoms with Crippen LogP contribution in [0.5, 0.6) is 0 Å². The topological polar surface area (TPSA) is 0 Å². The molecule has 0 N–H and O–H groups in total. The van der Waals surface area contributed by atoms with Crippen LogP contribution < -0.4 is 0 Å². The van der Waals surface area contributed by atoms with Crippen LogP contribution in [0.3, 0.4) is 0 Å². The summed E-state index contributed by atoms with van der Waals surface area (Å²) in [5.41, 5.74) is 12.0. The Balaban J connectivity index is 2.27. The van der Waals surface area contributed by atoms with Crippen molar-refractivity contribution in [2.45, 2.75) is 80.1 Å². The third kappa shape index (κ3) is 3.91. The van der Waals surface area contributed by atoms with Gasteiger partial charge in [0.25, 0.3) is 0 Å². The second kappa shape index (κ2) is 7.30. The third-order valence-electron chi connectivity index (χ3n) is 6.07. The van der Waals surface area contributed by atoms with Crippen LogP contribution in [0.4, 0.5) is 0 Å². The fourth-order valence-electron chi connectivity index (χ4n) is 4.06. The van der Waals surface area contributed by atoms with Crippen LogP contribution >= 0.6 is 0 Å². The summed E-state index contributed by atoms with van der Waals surface area (Å²) in [6.45, 7) is 18.5. The van der Waals surface area contributed by atoms with Gasteiger partial charge in [0.2, 0.25) is 0 Å². The SMILES string of the molecule is CCc1ccc2c(c1-c1cc(C(C)C)cc(C(C)C)c1)C=C(C(C)(C)C)C2. The van der Waals surface area contributed by atoms with E-state index in [9.17, 15) is 0 Å². The highest BCUT2D eigenvalue weighted by molar-refractivity contribution is 5.84. The number of hydrogen-bond donors (Lipinski definition) is 0. The molecule has 0 radical (unpaired) electrons. The van der Waals surface area contributed by atoms with Gasteiger partial charge >= 0.3 is 0 Å². The minimum Gasteiger partial charge on any atom is -0.0613 e. The fourth-order valence-corrected chi connectivity index (χ4v) is 4.06. The first-order valence-corrected chi connectivity index (χ1v) is 10.6. The maximum atomic E-state index is 2.49. The summed E-state index contributed by atoms with van der Waals surface area (Å²) in [5.74, 6) is 1.09. The highest BCUT2D eigenvalue weighted by Crippen LogP contribution is 2.43. The summed E-state index contributed by atoms with van der Waals surface area (Å²) < 4.78 is 0. The van der Waals surface area contributed by atoms with E-state index in [-0.39, 0.29) is 5.41 Å². The molecule has 0 aromatic heterocycles. The monoisotopic (exact) mass is 360 g/mol. The molecule has 1 aliphatic rings. The first-order chi connectivity index (χ1) is 12.6. The molecule has 2 aromatic rings. The minimum absolute atomic E-state index is 0.228. The number of fused-ring (bicyclic) bond motifs is 1. The zero-order chi connectivity index (χ0) is 19.9. The van der Waals surface area contributed by atoms with Gasteiger partial charge < -0.3 is 0 Å². The molecule has 0 saturated carbocycles. The molecule has 0 bridgehead atoms. The third-order valence-corrected chi connectivity index (χ3v) is 6.07. The van der Waals surface area contributed by atoms with Crippen molar-refractivity contribution in [3.8, 4) is 11.1 Å². The van der Waals surface area contributed by atoms with Gasteiger partial charge in [-0.1, -0.05) is 97.4 Å². The Morgan fingerprint density at radius 2 is 1.48 bits per heavy atom. The van der Waals surface area contributed by atoms with Crippen molar-refractivity contribution in [2.75, 3.05) is 0 Å². The Labute approximate surface area is 166 Å². The first-order valence-electron chi connectivity index (χ1n) is 10.6. The van der Waals surface area contributed by atoms with Crippen LogP contribution in [0.25, 0.3) is 17.2 Å². The van der Waals surface area contributed by atoms with Crippen molar-refractivity contribution in [1.82, 2.24) is 0 Å². The molecule has 0 aliphatic heterocycles. The van der Waals surface area contributed by atoms with Crippen molar-refractivity contribution in [3.05, 3.63) is 63.7 Å². The maximum Gasteiger partial charge on any atom is -0.00523 e. The number of hydrogen-bond acceptors (Lipinski definition) is 0. The van der Waals surface area contributed by atoms with Gasteiger partial charge in [-0.3, -0.25) is 0 Å². The van der Waals surface area contributed by atoms with Gasteiger partial charge in [-0.15, -0.1) is 0 Å². The molecule has 0 saturated heterocycles. The molecule has 1 aliphatic carbocycles. The van der Waals surface area contributed by atoms with E-state index < -0.39 is 0 Å². The minimum atomic E-state index is 0.228. The summed E-state index contributed by atoms with van der Waals surface area (Å²) in [5, 5.41) is 0. The normalized spacial score (nSPS) is 14.1. The predicted molar refractivity (Wildman–Crippen MR) is 121 cm³/mol. The Morgan fingerprint density at radius 3 is 1.96 bits per heavy atom. The second-order valence-corrected chi connectivity index (χ2v) is 9.82. The molecule has 0 nitrogen and oxygen atoms in total. The summed E-state index contributed by atoms with van der Waals surface area (Å²) in [6.07, 6.45) is 4.65. The van der Waals surface area contributed by atoms with Gasteiger partial charge in [-0.25, -0.2) is 0 Å². The van der Waals surface area contributed by atoms with E-state index in [2.05, 4.69) is 91.8 Å². The molecule has 0 unspecified atom stereocenters. The lowest BCUT2D eigenvalue weighted by atomic mass is 9.85. The van der Waals surface area contributed by atoms with Crippen LogP contribution in [0, 0.1) is 5.41 Å². The van der Waals surface area contributed by atoms with Gasteiger partial charge in [0.05, 0.1) is 0 Å². The van der Waals surface area contributed by atoms with Gasteiger partial charge in [0, 0.05) is 0 Å². The number of rotatable bonds is 4. The lowest BCUT2D eigenvalue weighted by Crippen LogP contribution is -2.08. The predicted octanol–water partition coefficient (Wildman–Crippen LogP) is 8.15. The smallest absolute Gasteiger partial charge is 0.00523 e. The van der Waals surface area contributed by atoms with Crippen LogP contribution in [-0.2, 0) is 12.8 Å². The van der Waals surface area contributed by atoms with E-state index in [1.54, 1.807) is 5.57 Å². The molecule has 0 spiro atoms. The van der Waals surface area contributed by atoms with Gasteiger partial charge in [-0.05, 0) is 69.0 Å². The molecule has 0 heteroatoms. The van der Waals surface area contributed by atoms with Crippen molar-refractivity contribution in [3.63, 3.8) is 0 Å². The molecule has 144 valence electrons. The summed E-state index contributed by atoms with van der Waals surface area (Å²) in [4.78, 5) is 0. The fraction of sp³-hybridized carbons (Fsp3) is 0.481. The number of benzene rings is 2. The van der Waals surface area contributed by atoms with Crippen molar-refractivity contribution in [2.24, 2.45) is 5.41 Å². The molecule has 0 fully saturated rings. The highest BCUT2D eigenvalue weighted by atomic mass is 14.3. The summed E-state index contributed by atoms with van der Waals surface area (Å²) in [7, 11) is 0. The van der Waals surface area contributed by atoms with Gasteiger partial charge in [-0.2, -0.15) is 0 Å². The second-order valence-electron chi connectivity index (χ2n) is 9.82. The van der Waals surface area contributed by atoms with E-state index in [1.807, 2.05) is 0 Å². The summed E-state index contributed by atoms with van der Waals surface area (Å²) in [6, 6.07) is 12.0. The van der Waals surface area contributed by atoms with E-state index in [0.717, 1.165) is 12.8 Å². The molecule has 3 rings (SSSR count). The lowest BCUT2D eigenvalue weighted by molar-refractivity contribution is 0.498. The van der Waals surface area contributed by atoms with Crippen LogP contribution in [0.15, 0.2) is 35.9 Å². The van der Waals surface area contributed by atoms with Gasteiger partial charge in [0.1, 0.15) is 0 Å². The van der Waals surface area contributed by atoms with Crippen molar-refractivity contribution in [1.29, 1.82) is 0 Å². The Kier molecular flexibility index (Phi) is 5.39. The Bertz CT molecular complexity index is 843. The molecule has 2 aromatic carbocycles. The first kappa shape index (κ1) is 19.9. The maximum absolute atomic E-state index is 2.49. The van der Waals surface area contributed by atoms with Crippen molar-refractivity contribution < 1.29 is 0 Å². The Morgan fingerprint density at radius 1 is 0.889 bits per heavy atom. The van der Waals surface area contributed by atoms with E-state index >= 15 is 0 Å². The molecule has 0 amide bonds. The quantitative estimate of drug-likeness (QED) is 0.516. The highest BCUT2D eigenvalue weighted by Gasteiger charge is 2.26. The Hall–Kier alpha value is -1.82. The van der Waals surface area contributed by atoms with Crippen molar-refractivity contribution >= 4 is 6.08 Å². The molecule has 0 atom stereocenters. The average Bonchev–Trinajstić information content (AvgIpc) is 3.04. The zero-order valence-corrected chi connectivity index (χ0v) is 18.5. The van der Waals surface area contributed by atoms with Crippen LogP contribution in [-0.4, -0.2) is 0 Å². The zero-order valence-electron chi connectivity index (χ0n) is 18.5. The van der Waals surface area contributed by atoms with E-state index in [4.69, 9.17) is 0 Å². The molecule has 27 heavy (non-hydrogen) atoms. The largest absolute Gasteiger partial charge is 0.0613 e. The van der Waals surface area contributed by atoms with Gasteiger partial charge in [0.15, 0.2) is 0 Å². The molecular weight excluding hydrogens is 324 g/mol. The summed E-state index contributed by atoms with van der Waals surface area (Å²) >= 11 is 0. The number of aryl methyl sites for hydroxylation is 1. The van der Waals surface area contributed by atoms with Crippen LogP contribution in [0.1, 0.15) is 95.0 Å². The molecule has 0 heterocycles. The standard InChI is InChI=1S/C27H36/c1-9-19-10-11-20-15-24(27(6,7)8)16-25(20)26(19)23-13-21(17(2)3)12-22(14-23)18(4)5/h10-14,16-18H,9,15H2,1-8H3. The molecular formula is C27H36. The van der Waals surface area contributed by atoms with E-state index in [1.165, 1.54) is 38.9 Å². The lowest BCUT2D eigenvalue weighted by Gasteiger charge is -2.19. The van der Waals surface area contributed by atoms with Crippen LogP contribution in [0.2, 0.25) is 0 Å². The van der Waals surface area contributed by atoms with E-state index in [0.29, 0.717) is 11.8 Å².